The molecule has 0 saturated heterocycles. The van der Waals surface area contributed by atoms with Crippen LogP contribution < -0.4 is 5.32 Å². The van der Waals surface area contributed by atoms with Crippen molar-refractivity contribution in [1.29, 1.82) is 0 Å². The zero-order valence-corrected chi connectivity index (χ0v) is 13.1. The summed E-state index contributed by atoms with van der Waals surface area (Å²) in [7, 11) is 0. The summed E-state index contributed by atoms with van der Waals surface area (Å²) in [5.41, 5.74) is 5.36. The summed E-state index contributed by atoms with van der Waals surface area (Å²) in [4.78, 5) is 0. The Bertz CT molecular complexity index is 666. The second kappa shape index (κ2) is 4.62. The van der Waals surface area contributed by atoms with E-state index in [0.717, 1.165) is 18.9 Å². The lowest BCUT2D eigenvalue weighted by Crippen LogP contribution is -2.24. The highest BCUT2D eigenvalue weighted by Crippen LogP contribution is 2.47. The van der Waals surface area contributed by atoms with Gasteiger partial charge in [-0.25, -0.2) is 4.68 Å². The fraction of sp³-hybridized carbons (Fsp3) is 0.500. The summed E-state index contributed by atoms with van der Waals surface area (Å²) in [6.45, 7) is 7.71. The maximum absolute atomic E-state index is 4.93. The smallest absolute Gasteiger partial charge is 0.125 e. The van der Waals surface area contributed by atoms with E-state index in [1.54, 1.807) is 0 Å². The van der Waals surface area contributed by atoms with Gasteiger partial charge in [0, 0.05) is 18.5 Å². The van der Waals surface area contributed by atoms with Gasteiger partial charge in [-0.2, -0.15) is 5.10 Å². The Balaban J connectivity index is 1.74. The second-order valence-electron chi connectivity index (χ2n) is 6.87. The maximum atomic E-state index is 4.93. The van der Waals surface area contributed by atoms with Crippen LogP contribution in [0.1, 0.15) is 54.1 Å². The van der Waals surface area contributed by atoms with E-state index in [4.69, 9.17) is 5.10 Å². The van der Waals surface area contributed by atoms with Gasteiger partial charge in [-0.1, -0.05) is 36.2 Å². The van der Waals surface area contributed by atoms with E-state index in [1.165, 1.54) is 34.6 Å². The number of aryl methyl sites for hydroxylation is 2. The van der Waals surface area contributed by atoms with Crippen molar-refractivity contribution in [3.8, 4) is 0 Å². The molecule has 1 N–H and O–H groups in total. The lowest BCUT2D eigenvalue weighted by molar-refractivity contribution is 0.477. The van der Waals surface area contributed by atoms with Gasteiger partial charge in [0.25, 0.3) is 0 Å². The molecule has 3 unspecified atom stereocenters. The SMILES string of the molecule is Cc1cc(C)cc(C2CCNc3cc(C4CC4C)nn32)c1. The van der Waals surface area contributed by atoms with Crippen LogP contribution in [0.25, 0.3) is 0 Å². The largest absolute Gasteiger partial charge is 0.370 e. The molecule has 0 amide bonds. The number of anilines is 1. The fourth-order valence-corrected chi connectivity index (χ4v) is 3.67. The number of fused-ring (bicyclic) bond motifs is 1. The Hall–Kier alpha value is -1.77. The van der Waals surface area contributed by atoms with Crippen molar-refractivity contribution in [2.45, 2.75) is 45.6 Å². The molecule has 0 bridgehead atoms. The molecule has 1 aliphatic carbocycles. The zero-order valence-electron chi connectivity index (χ0n) is 13.1. The van der Waals surface area contributed by atoms with Crippen molar-refractivity contribution < 1.29 is 0 Å². The topological polar surface area (TPSA) is 29.9 Å². The van der Waals surface area contributed by atoms with Gasteiger partial charge in [-0.15, -0.1) is 0 Å². The molecule has 1 aromatic heterocycles. The molecule has 1 fully saturated rings. The Morgan fingerprint density at radius 1 is 1.14 bits per heavy atom. The highest BCUT2D eigenvalue weighted by molar-refractivity contribution is 5.44. The second-order valence-corrected chi connectivity index (χ2v) is 6.87. The predicted octanol–water partition coefficient (Wildman–Crippen LogP) is 4.03. The summed E-state index contributed by atoms with van der Waals surface area (Å²) < 4.78 is 2.22. The molecule has 0 spiro atoms. The highest BCUT2D eigenvalue weighted by atomic mass is 15.4. The van der Waals surface area contributed by atoms with Crippen molar-refractivity contribution in [3.05, 3.63) is 46.6 Å². The van der Waals surface area contributed by atoms with Gasteiger partial charge in [-0.05, 0) is 38.2 Å². The van der Waals surface area contributed by atoms with E-state index in [2.05, 4.69) is 55.0 Å². The molecule has 21 heavy (non-hydrogen) atoms. The highest BCUT2D eigenvalue weighted by Gasteiger charge is 2.37. The first kappa shape index (κ1) is 12.9. The summed E-state index contributed by atoms with van der Waals surface area (Å²) in [6, 6.07) is 9.51. The van der Waals surface area contributed by atoms with Gasteiger partial charge in [0.2, 0.25) is 0 Å². The first-order valence-corrected chi connectivity index (χ1v) is 8.03. The number of benzene rings is 1. The molecule has 2 aromatic rings. The van der Waals surface area contributed by atoms with Crippen LogP contribution in [-0.4, -0.2) is 16.3 Å². The van der Waals surface area contributed by atoms with Gasteiger partial charge >= 0.3 is 0 Å². The molecule has 110 valence electrons. The molecule has 0 radical (unpaired) electrons. The normalized spacial score (nSPS) is 27.1. The molecule has 3 atom stereocenters. The number of hydrogen-bond acceptors (Lipinski definition) is 2. The van der Waals surface area contributed by atoms with Crippen LogP contribution in [0.2, 0.25) is 0 Å². The summed E-state index contributed by atoms with van der Waals surface area (Å²) in [5, 5.41) is 8.44. The molecule has 2 heterocycles. The molecule has 2 aliphatic rings. The molecular weight excluding hydrogens is 258 g/mol. The number of hydrogen-bond donors (Lipinski definition) is 1. The van der Waals surface area contributed by atoms with Crippen molar-refractivity contribution in [3.63, 3.8) is 0 Å². The van der Waals surface area contributed by atoms with Gasteiger partial charge in [0.05, 0.1) is 11.7 Å². The molecule has 4 rings (SSSR count). The predicted molar refractivity (Wildman–Crippen MR) is 85.9 cm³/mol. The average molecular weight is 281 g/mol. The van der Waals surface area contributed by atoms with Crippen LogP contribution in [0.3, 0.4) is 0 Å². The van der Waals surface area contributed by atoms with E-state index in [9.17, 15) is 0 Å². The maximum Gasteiger partial charge on any atom is 0.125 e. The van der Waals surface area contributed by atoms with Gasteiger partial charge in [0.1, 0.15) is 5.82 Å². The molecular formula is C18H23N3. The van der Waals surface area contributed by atoms with Crippen molar-refractivity contribution >= 4 is 5.82 Å². The van der Waals surface area contributed by atoms with Crippen LogP contribution >= 0.6 is 0 Å². The monoisotopic (exact) mass is 281 g/mol. The minimum atomic E-state index is 0.377. The first-order valence-electron chi connectivity index (χ1n) is 8.03. The van der Waals surface area contributed by atoms with E-state index >= 15 is 0 Å². The molecule has 3 heteroatoms. The van der Waals surface area contributed by atoms with Gasteiger partial charge in [-0.3, -0.25) is 0 Å². The van der Waals surface area contributed by atoms with Crippen molar-refractivity contribution in [1.82, 2.24) is 9.78 Å². The van der Waals surface area contributed by atoms with Crippen LogP contribution in [0.5, 0.6) is 0 Å². The van der Waals surface area contributed by atoms with Crippen molar-refractivity contribution in [2.75, 3.05) is 11.9 Å². The Morgan fingerprint density at radius 2 is 1.86 bits per heavy atom. The van der Waals surface area contributed by atoms with E-state index in [0.29, 0.717) is 12.0 Å². The standard InChI is InChI=1S/C18H23N3/c1-11-6-12(2)8-14(7-11)17-4-5-19-18-10-16(20-21(17)18)15-9-13(15)3/h6-8,10,13,15,17,19H,4-5,9H2,1-3H3. The van der Waals surface area contributed by atoms with Crippen LogP contribution in [-0.2, 0) is 0 Å². The molecule has 1 saturated carbocycles. The Kier molecular flexibility index (Phi) is 2.84. The Morgan fingerprint density at radius 3 is 2.52 bits per heavy atom. The molecule has 3 nitrogen and oxygen atoms in total. The third-order valence-corrected chi connectivity index (χ3v) is 4.89. The van der Waals surface area contributed by atoms with Gasteiger partial charge < -0.3 is 5.32 Å². The lowest BCUT2D eigenvalue weighted by atomic mass is 9.98. The van der Waals surface area contributed by atoms with Crippen molar-refractivity contribution in [2.24, 2.45) is 5.92 Å². The Labute approximate surface area is 126 Å². The number of aromatic nitrogens is 2. The fourth-order valence-electron chi connectivity index (χ4n) is 3.67. The molecule has 1 aromatic carbocycles. The minimum absolute atomic E-state index is 0.377. The third kappa shape index (κ3) is 2.25. The zero-order chi connectivity index (χ0) is 14.6. The number of nitrogens with zero attached hydrogens (tertiary/aromatic N) is 2. The van der Waals surface area contributed by atoms with Gasteiger partial charge in [0.15, 0.2) is 0 Å². The van der Waals surface area contributed by atoms with Crippen LogP contribution in [0, 0.1) is 19.8 Å². The van der Waals surface area contributed by atoms with Crippen LogP contribution in [0.4, 0.5) is 5.82 Å². The van der Waals surface area contributed by atoms with E-state index in [1.807, 2.05) is 0 Å². The average Bonchev–Trinajstić information content (AvgIpc) is 3.00. The van der Waals surface area contributed by atoms with E-state index in [-0.39, 0.29) is 0 Å². The van der Waals surface area contributed by atoms with Crippen LogP contribution in [0.15, 0.2) is 24.3 Å². The third-order valence-electron chi connectivity index (χ3n) is 4.89. The van der Waals surface area contributed by atoms with E-state index < -0.39 is 0 Å². The number of nitrogens with one attached hydrogen (secondary N) is 1. The first-order chi connectivity index (χ1) is 10.1. The summed E-state index contributed by atoms with van der Waals surface area (Å²) in [5.74, 6) is 2.69. The summed E-state index contributed by atoms with van der Waals surface area (Å²) in [6.07, 6.45) is 2.40. The number of rotatable bonds is 2. The quantitative estimate of drug-likeness (QED) is 0.900. The lowest BCUT2D eigenvalue weighted by Gasteiger charge is -2.26. The molecule has 1 aliphatic heterocycles. The minimum Gasteiger partial charge on any atom is -0.370 e. The summed E-state index contributed by atoms with van der Waals surface area (Å²) >= 11 is 0.